The zero-order valence-electron chi connectivity index (χ0n) is 12.5. The Morgan fingerprint density at radius 3 is 2.67 bits per heavy atom. The Morgan fingerprint density at radius 1 is 1.33 bits per heavy atom. The molecule has 0 radical (unpaired) electrons. The maximum Gasteiger partial charge on any atom is 0.243 e. The molecule has 1 saturated heterocycles. The number of benzene rings is 1. The van der Waals surface area contributed by atoms with Crippen molar-refractivity contribution in [2.75, 3.05) is 46.3 Å². The topological polar surface area (TPSA) is 52.7 Å². The van der Waals surface area contributed by atoms with Crippen molar-refractivity contribution in [1.82, 2.24) is 14.5 Å². The van der Waals surface area contributed by atoms with E-state index < -0.39 is 10.0 Å². The summed E-state index contributed by atoms with van der Waals surface area (Å²) in [5.74, 6) is 0. The van der Waals surface area contributed by atoms with E-state index in [9.17, 15) is 8.42 Å². The number of likely N-dealkylation sites (N-methyl/N-ethyl adjacent to an activating group) is 1. The maximum absolute atomic E-state index is 12.6. The summed E-state index contributed by atoms with van der Waals surface area (Å²) in [6.07, 6.45) is 0. The third-order valence-electron chi connectivity index (χ3n) is 3.78. The van der Waals surface area contributed by atoms with E-state index in [2.05, 4.69) is 10.2 Å². The van der Waals surface area contributed by atoms with Crippen molar-refractivity contribution in [3.8, 4) is 0 Å². The highest BCUT2D eigenvalue weighted by Gasteiger charge is 2.23. The first-order valence-corrected chi connectivity index (χ1v) is 8.88. The average molecular weight is 332 g/mol. The number of piperazine rings is 1. The third-order valence-corrected chi connectivity index (χ3v) is 6.01. The van der Waals surface area contributed by atoms with Crippen molar-refractivity contribution in [3.63, 3.8) is 0 Å². The van der Waals surface area contributed by atoms with Crippen LogP contribution in [-0.2, 0) is 10.0 Å². The number of sulfonamides is 1. The van der Waals surface area contributed by atoms with Crippen LogP contribution in [0.3, 0.4) is 0 Å². The molecule has 7 heteroatoms. The van der Waals surface area contributed by atoms with Gasteiger partial charge in [0.25, 0.3) is 0 Å². The number of nitrogens with zero attached hydrogens (tertiary/aromatic N) is 2. The van der Waals surface area contributed by atoms with Gasteiger partial charge in [-0.3, -0.25) is 4.90 Å². The second-order valence-electron chi connectivity index (χ2n) is 5.33. The van der Waals surface area contributed by atoms with Crippen LogP contribution >= 0.6 is 11.6 Å². The minimum Gasteiger partial charge on any atom is -0.314 e. The summed E-state index contributed by atoms with van der Waals surface area (Å²) < 4.78 is 26.6. The van der Waals surface area contributed by atoms with Gasteiger partial charge in [0.1, 0.15) is 0 Å². The Labute approximate surface area is 131 Å². The Bertz CT molecular complexity index is 586. The summed E-state index contributed by atoms with van der Waals surface area (Å²) in [4.78, 5) is 2.56. The van der Waals surface area contributed by atoms with E-state index in [1.165, 1.54) is 10.4 Å². The molecule has 2 rings (SSSR count). The Kier molecular flexibility index (Phi) is 5.62. The highest BCUT2D eigenvalue weighted by atomic mass is 35.5. The van der Waals surface area contributed by atoms with E-state index in [1.807, 2.05) is 0 Å². The molecule has 1 heterocycles. The van der Waals surface area contributed by atoms with Gasteiger partial charge in [-0.1, -0.05) is 17.7 Å². The number of halogens is 1. The molecule has 1 aliphatic rings. The van der Waals surface area contributed by atoms with Gasteiger partial charge in [0.05, 0.1) is 4.90 Å². The molecule has 0 amide bonds. The molecule has 1 aromatic rings. The zero-order chi connectivity index (χ0) is 15.5. The number of aryl methyl sites for hydroxylation is 1. The standard InChI is InChI=1S/C14H22ClN3O2S/c1-12-3-4-13(15)11-14(12)21(19,20)17(2)9-10-18-7-5-16-6-8-18/h3-4,11,16H,5-10H2,1-2H3. The third kappa shape index (κ3) is 4.17. The summed E-state index contributed by atoms with van der Waals surface area (Å²) in [7, 11) is -1.86. The molecule has 0 bridgehead atoms. The summed E-state index contributed by atoms with van der Waals surface area (Å²) in [5.41, 5.74) is 0.716. The summed E-state index contributed by atoms with van der Waals surface area (Å²) in [6.45, 7) is 6.86. The van der Waals surface area contributed by atoms with Crippen LogP contribution in [0.1, 0.15) is 5.56 Å². The zero-order valence-corrected chi connectivity index (χ0v) is 14.0. The lowest BCUT2D eigenvalue weighted by atomic mass is 10.2. The molecular weight excluding hydrogens is 310 g/mol. The molecule has 0 spiro atoms. The number of rotatable bonds is 5. The van der Waals surface area contributed by atoms with Crippen LogP contribution in [0, 0.1) is 6.92 Å². The second kappa shape index (κ2) is 7.07. The van der Waals surface area contributed by atoms with Gasteiger partial charge in [-0.25, -0.2) is 8.42 Å². The first kappa shape index (κ1) is 16.7. The van der Waals surface area contributed by atoms with Gasteiger partial charge in [-0.05, 0) is 24.6 Å². The van der Waals surface area contributed by atoms with Crippen LogP contribution < -0.4 is 5.32 Å². The van der Waals surface area contributed by atoms with E-state index >= 15 is 0 Å². The number of hydrogen-bond acceptors (Lipinski definition) is 4. The van der Waals surface area contributed by atoms with E-state index in [1.54, 1.807) is 26.1 Å². The monoisotopic (exact) mass is 331 g/mol. The van der Waals surface area contributed by atoms with Crippen LogP contribution in [0.15, 0.2) is 23.1 Å². The lowest BCUT2D eigenvalue weighted by Crippen LogP contribution is -2.46. The van der Waals surface area contributed by atoms with E-state index in [-0.39, 0.29) is 4.90 Å². The van der Waals surface area contributed by atoms with Crippen molar-refractivity contribution in [2.24, 2.45) is 0 Å². The second-order valence-corrected chi connectivity index (χ2v) is 7.78. The minimum atomic E-state index is -3.49. The number of hydrogen-bond donors (Lipinski definition) is 1. The lowest BCUT2D eigenvalue weighted by Gasteiger charge is -2.29. The lowest BCUT2D eigenvalue weighted by molar-refractivity contribution is 0.229. The molecule has 0 saturated carbocycles. The van der Waals surface area contributed by atoms with Crippen molar-refractivity contribution in [2.45, 2.75) is 11.8 Å². The summed E-state index contributed by atoms with van der Waals surface area (Å²) in [6, 6.07) is 4.96. The Balaban J connectivity index is 2.05. The SMILES string of the molecule is Cc1ccc(Cl)cc1S(=O)(=O)N(C)CCN1CCNCC1. The Hall–Kier alpha value is -0.660. The molecular formula is C14H22ClN3O2S. The molecule has 1 aromatic carbocycles. The van der Waals surface area contributed by atoms with Gasteiger partial charge in [0.2, 0.25) is 10.0 Å². The fourth-order valence-electron chi connectivity index (χ4n) is 2.36. The van der Waals surface area contributed by atoms with Crippen molar-refractivity contribution in [3.05, 3.63) is 28.8 Å². The van der Waals surface area contributed by atoms with Crippen LogP contribution in [0.2, 0.25) is 5.02 Å². The van der Waals surface area contributed by atoms with Gasteiger partial charge in [-0.15, -0.1) is 0 Å². The molecule has 0 aliphatic carbocycles. The van der Waals surface area contributed by atoms with Gasteiger partial charge in [0, 0.05) is 51.3 Å². The molecule has 118 valence electrons. The molecule has 0 unspecified atom stereocenters. The van der Waals surface area contributed by atoms with Crippen molar-refractivity contribution >= 4 is 21.6 Å². The van der Waals surface area contributed by atoms with Gasteiger partial charge in [-0.2, -0.15) is 4.31 Å². The van der Waals surface area contributed by atoms with Crippen LogP contribution in [0.25, 0.3) is 0 Å². The molecule has 1 fully saturated rings. The highest BCUT2D eigenvalue weighted by molar-refractivity contribution is 7.89. The van der Waals surface area contributed by atoms with E-state index in [4.69, 9.17) is 11.6 Å². The number of nitrogens with one attached hydrogen (secondary N) is 1. The Morgan fingerprint density at radius 2 is 2.00 bits per heavy atom. The largest absolute Gasteiger partial charge is 0.314 e. The van der Waals surface area contributed by atoms with E-state index in [0.717, 1.165) is 32.7 Å². The van der Waals surface area contributed by atoms with Gasteiger partial charge in [0.15, 0.2) is 0 Å². The fraction of sp³-hybridized carbons (Fsp3) is 0.571. The molecule has 1 N–H and O–H groups in total. The predicted molar refractivity (Wildman–Crippen MR) is 85.3 cm³/mol. The molecule has 5 nitrogen and oxygen atoms in total. The van der Waals surface area contributed by atoms with Crippen LogP contribution in [-0.4, -0.2) is 63.9 Å². The molecule has 0 aromatic heterocycles. The average Bonchev–Trinajstić information content (AvgIpc) is 2.48. The van der Waals surface area contributed by atoms with E-state index in [0.29, 0.717) is 17.1 Å². The summed E-state index contributed by atoms with van der Waals surface area (Å²) >= 11 is 5.93. The molecule has 21 heavy (non-hydrogen) atoms. The van der Waals surface area contributed by atoms with Crippen LogP contribution in [0.4, 0.5) is 0 Å². The van der Waals surface area contributed by atoms with Gasteiger partial charge < -0.3 is 5.32 Å². The quantitative estimate of drug-likeness (QED) is 0.880. The minimum absolute atomic E-state index is 0.290. The predicted octanol–water partition coefficient (Wildman–Crippen LogP) is 1.17. The van der Waals surface area contributed by atoms with Gasteiger partial charge >= 0.3 is 0 Å². The molecule has 0 atom stereocenters. The van der Waals surface area contributed by atoms with Crippen LogP contribution in [0.5, 0.6) is 0 Å². The maximum atomic E-state index is 12.6. The first-order chi connectivity index (χ1) is 9.91. The smallest absolute Gasteiger partial charge is 0.243 e. The first-order valence-electron chi connectivity index (χ1n) is 7.07. The fourth-order valence-corrected chi connectivity index (χ4v) is 4.00. The van der Waals surface area contributed by atoms with Crippen molar-refractivity contribution < 1.29 is 8.42 Å². The van der Waals surface area contributed by atoms with Crippen molar-refractivity contribution in [1.29, 1.82) is 0 Å². The summed E-state index contributed by atoms with van der Waals surface area (Å²) in [5, 5.41) is 3.72. The molecule has 1 aliphatic heterocycles. The highest BCUT2D eigenvalue weighted by Crippen LogP contribution is 2.22. The normalized spacial score (nSPS) is 17.3.